The third kappa shape index (κ3) is 2.43. The summed E-state index contributed by atoms with van der Waals surface area (Å²) in [6, 6.07) is 7.47. The van der Waals surface area contributed by atoms with Crippen LogP contribution < -0.4 is 4.74 Å². The average Bonchev–Trinajstić information content (AvgIpc) is 3.49. The Bertz CT molecular complexity index is 803. The van der Waals surface area contributed by atoms with Crippen LogP contribution in [0, 0.1) is 17.3 Å². The molecule has 152 valence electrons. The van der Waals surface area contributed by atoms with Gasteiger partial charge in [-0.1, -0.05) is 19.9 Å². The Morgan fingerprint density at radius 2 is 2.04 bits per heavy atom. The number of benzene rings is 1. The van der Waals surface area contributed by atoms with Crippen molar-refractivity contribution < 1.29 is 14.3 Å². The minimum atomic E-state index is 0.0141. The fourth-order valence-electron chi connectivity index (χ4n) is 6.75. The molecule has 2 saturated carbocycles. The van der Waals surface area contributed by atoms with Crippen LogP contribution in [0.5, 0.6) is 5.75 Å². The first-order chi connectivity index (χ1) is 13.4. The predicted molar refractivity (Wildman–Crippen MR) is 109 cm³/mol. The van der Waals surface area contributed by atoms with E-state index in [0.29, 0.717) is 18.7 Å². The van der Waals surface area contributed by atoms with E-state index in [1.807, 2.05) is 6.92 Å². The van der Waals surface area contributed by atoms with E-state index in [2.05, 4.69) is 36.9 Å². The van der Waals surface area contributed by atoms with Crippen LogP contribution in [0.15, 0.2) is 18.2 Å². The van der Waals surface area contributed by atoms with Crippen molar-refractivity contribution in [3.05, 3.63) is 29.3 Å². The lowest BCUT2D eigenvalue weighted by Gasteiger charge is -2.70. The number of rotatable bonds is 5. The molecule has 1 aromatic carbocycles. The number of nitrogens with zero attached hydrogens (tertiary/aromatic N) is 1. The first kappa shape index (κ1) is 18.5. The standard InChI is InChI=1S/C24H33NO3/c1-5-28-22(26)18-12-24(3)21-10-16-8-9-17(27-4)11-19(16)23(24,2)13-20(18)25(21)14-15-6-7-15/h8-9,11,15,18,20-21H,5-7,10,12-14H2,1-4H3. The zero-order valence-corrected chi connectivity index (χ0v) is 17.7. The molecule has 1 aromatic rings. The zero-order valence-electron chi connectivity index (χ0n) is 17.7. The van der Waals surface area contributed by atoms with Gasteiger partial charge in [0.15, 0.2) is 0 Å². The summed E-state index contributed by atoms with van der Waals surface area (Å²) in [4.78, 5) is 15.6. The second kappa shape index (κ2) is 6.22. The maximum absolute atomic E-state index is 12.9. The maximum Gasteiger partial charge on any atom is 0.310 e. The van der Waals surface area contributed by atoms with Crippen LogP contribution in [0.4, 0.5) is 0 Å². The van der Waals surface area contributed by atoms with Gasteiger partial charge in [-0.3, -0.25) is 9.69 Å². The molecular formula is C24H33NO3. The summed E-state index contributed by atoms with van der Waals surface area (Å²) in [5.74, 6) is 1.81. The highest BCUT2D eigenvalue weighted by atomic mass is 16.5. The smallest absolute Gasteiger partial charge is 0.310 e. The lowest BCUT2D eigenvalue weighted by Crippen LogP contribution is -2.74. The quantitative estimate of drug-likeness (QED) is 0.722. The number of methoxy groups -OCH3 is 1. The highest BCUT2D eigenvalue weighted by Crippen LogP contribution is 2.65. The number of piperidine rings is 2. The minimum absolute atomic E-state index is 0.0141. The number of hydrogen-bond acceptors (Lipinski definition) is 4. The summed E-state index contributed by atoms with van der Waals surface area (Å²) < 4.78 is 11.1. The molecule has 3 aliphatic carbocycles. The van der Waals surface area contributed by atoms with E-state index in [9.17, 15) is 4.79 Å². The van der Waals surface area contributed by atoms with Gasteiger partial charge >= 0.3 is 5.97 Å². The van der Waals surface area contributed by atoms with E-state index in [4.69, 9.17) is 9.47 Å². The monoisotopic (exact) mass is 383 g/mol. The van der Waals surface area contributed by atoms with Gasteiger partial charge in [0.1, 0.15) is 5.75 Å². The van der Waals surface area contributed by atoms with E-state index >= 15 is 0 Å². The van der Waals surface area contributed by atoms with Crippen LogP contribution in [0.1, 0.15) is 57.6 Å². The topological polar surface area (TPSA) is 38.8 Å². The molecule has 2 heterocycles. The number of carbonyl (C=O) groups is 1. The van der Waals surface area contributed by atoms with E-state index in [0.717, 1.165) is 37.5 Å². The molecule has 4 nitrogen and oxygen atoms in total. The highest BCUT2D eigenvalue weighted by Gasteiger charge is 2.67. The third-order valence-electron chi connectivity index (χ3n) is 8.63. The molecule has 6 rings (SSSR count). The fourth-order valence-corrected chi connectivity index (χ4v) is 6.75. The van der Waals surface area contributed by atoms with Crippen molar-refractivity contribution in [2.24, 2.45) is 17.3 Å². The van der Waals surface area contributed by atoms with Crippen LogP contribution in [-0.4, -0.2) is 43.2 Å². The maximum atomic E-state index is 12.9. The van der Waals surface area contributed by atoms with Gasteiger partial charge < -0.3 is 9.47 Å². The largest absolute Gasteiger partial charge is 0.497 e. The Morgan fingerprint density at radius 3 is 2.71 bits per heavy atom. The van der Waals surface area contributed by atoms with Crippen molar-refractivity contribution in [3.63, 3.8) is 0 Å². The number of ether oxygens (including phenoxy) is 2. The van der Waals surface area contributed by atoms with Crippen molar-refractivity contribution in [2.75, 3.05) is 20.3 Å². The van der Waals surface area contributed by atoms with Gasteiger partial charge in [-0.15, -0.1) is 0 Å². The lowest BCUT2D eigenvalue weighted by atomic mass is 9.42. The predicted octanol–water partition coefficient (Wildman–Crippen LogP) is 3.95. The summed E-state index contributed by atoms with van der Waals surface area (Å²) in [6.45, 7) is 8.44. The summed E-state index contributed by atoms with van der Waals surface area (Å²) >= 11 is 0. The van der Waals surface area contributed by atoms with Gasteiger partial charge in [0.2, 0.25) is 0 Å². The normalized spacial score (nSPS) is 38.8. The molecule has 5 unspecified atom stereocenters. The molecule has 0 aromatic heterocycles. The van der Waals surface area contributed by atoms with Gasteiger partial charge in [0.05, 0.1) is 19.6 Å². The molecule has 5 aliphatic rings. The average molecular weight is 384 g/mol. The number of fused-ring (bicyclic) bond motifs is 2. The number of hydrogen-bond donors (Lipinski definition) is 0. The highest BCUT2D eigenvalue weighted by molar-refractivity contribution is 5.74. The van der Waals surface area contributed by atoms with Gasteiger partial charge in [0.25, 0.3) is 0 Å². The Balaban J connectivity index is 1.60. The van der Waals surface area contributed by atoms with Gasteiger partial charge in [-0.2, -0.15) is 0 Å². The van der Waals surface area contributed by atoms with E-state index in [1.54, 1.807) is 7.11 Å². The molecule has 0 spiro atoms. The van der Waals surface area contributed by atoms with Crippen LogP contribution in [0.3, 0.4) is 0 Å². The molecule has 0 amide bonds. The third-order valence-corrected chi connectivity index (χ3v) is 8.63. The zero-order chi connectivity index (χ0) is 19.7. The molecule has 5 atom stereocenters. The Kier molecular flexibility index (Phi) is 4.11. The van der Waals surface area contributed by atoms with Crippen molar-refractivity contribution in [3.8, 4) is 5.75 Å². The molecule has 4 fully saturated rings. The van der Waals surface area contributed by atoms with Crippen molar-refractivity contribution >= 4 is 5.97 Å². The Labute approximate surface area is 168 Å². The van der Waals surface area contributed by atoms with Crippen LogP contribution in [-0.2, 0) is 21.4 Å². The van der Waals surface area contributed by atoms with E-state index < -0.39 is 0 Å². The van der Waals surface area contributed by atoms with Crippen molar-refractivity contribution in [1.82, 2.24) is 4.90 Å². The molecule has 28 heavy (non-hydrogen) atoms. The number of carbonyl (C=O) groups excluding carboxylic acids is 1. The molecule has 2 saturated heterocycles. The van der Waals surface area contributed by atoms with Crippen LogP contribution in [0.2, 0.25) is 0 Å². The fraction of sp³-hybridized carbons (Fsp3) is 0.708. The number of esters is 1. The summed E-state index contributed by atoms with van der Waals surface area (Å²) in [7, 11) is 1.75. The molecule has 0 radical (unpaired) electrons. The lowest BCUT2D eigenvalue weighted by molar-refractivity contribution is -0.185. The summed E-state index contributed by atoms with van der Waals surface area (Å²) in [5, 5.41) is 0. The SMILES string of the molecule is CCOC(=O)C1CC2(C)C3Cc4ccc(OC)cc4C2(C)CC1N3CC1CC1. The van der Waals surface area contributed by atoms with Crippen molar-refractivity contribution in [2.45, 2.75) is 70.4 Å². The van der Waals surface area contributed by atoms with Crippen molar-refractivity contribution in [1.29, 1.82) is 0 Å². The van der Waals surface area contributed by atoms with E-state index in [1.165, 1.54) is 24.0 Å². The van der Waals surface area contributed by atoms with Gasteiger partial charge in [-0.05, 0) is 73.6 Å². The molecule has 4 bridgehead atoms. The molecular weight excluding hydrogens is 350 g/mol. The van der Waals surface area contributed by atoms with Gasteiger partial charge in [0, 0.05) is 24.0 Å². The summed E-state index contributed by atoms with van der Waals surface area (Å²) in [6.07, 6.45) is 5.76. The first-order valence-corrected chi connectivity index (χ1v) is 11.0. The van der Waals surface area contributed by atoms with Gasteiger partial charge in [-0.25, -0.2) is 0 Å². The Hall–Kier alpha value is -1.55. The van der Waals surface area contributed by atoms with Crippen LogP contribution >= 0.6 is 0 Å². The molecule has 2 aliphatic heterocycles. The summed E-state index contributed by atoms with van der Waals surface area (Å²) in [5.41, 5.74) is 3.07. The second-order valence-corrected chi connectivity index (χ2v) is 9.97. The minimum Gasteiger partial charge on any atom is -0.497 e. The Morgan fingerprint density at radius 1 is 1.25 bits per heavy atom. The second-order valence-electron chi connectivity index (χ2n) is 9.97. The first-order valence-electron chi connectivity index (χ1n) is 11.0. The van der Waals surface area contributed by atoms with E-state index in [-0.39, 0.29) is 22.7 Å². The molecule has 4 heteroatoms. The molecule has 0 N–H and O–H groups in total. The van der Waals surface area contributed by atoms with Crippen LogP contribution in [0.25, 0.3) is 0 Å².